The van der Waals surface area contributed by atoms with Crippen molar-refractivity contribution >= 4 is 21.7 Å². The van der Waals surface area contributed by atoms with Gasteiger partial charge < -0.3 is 10.1 Å². The molecule has 2 rings (SSSR count). The Hall–Kier alpha value is -2.59. The van der Waals surface area contributed by atoms with Crippen molar-refractivity contribution in [2.24, 2.45) is 0 Å². The largest absolute Gasteiger partial charge is 0.463 e. The highest BCUT2D eigenvalue weighted by molar-refractivity contribution is 7.89. The van der Waals surface area contributed by atoms with Crippen LogP contribution >= 0.6 is 0 Å². The van der Waals surface area contributed by atoms with Crippen molar-refractivity contribution in [3.63, 3.8) is 0 Å². The van der Waals surface area contributed by atoms with Gasteiger partial charge in [0.05, 0.1) is 11.5 Å². The van der Waals surface area contributed by atoms with Gasteiger partial charge in [-0.15, -0.1) is 0 Å². The molecular weight excluding hydrogens is 409 g/mol. The molecule has 6 nitrogen and oxygen atoms in total. The Labute approximate surface area is 167 Å². The Morgan fingerprint density at radius 1 is 1.03 bits per heavy atom. The standard InChI is InChI=1S/C19H21F3N2O4S/c1-4-28-17(25)18(19(20,21)22,23-15-7-5-6-14(3)12-15)24-29(26,27)16-10-8-13(2)9-11-16/h5-12,23-24H,4H2,1-3H3/t18-/m1/s1. The lowest BCUT2D eigenvalue weighted by Crippen LogP contribution is -2.69. The van der Waals surface area contributed by atoms with E-state index < -0.39 is 32.7 Å². The number of anilines is 1. The Kier molecular flexibility index (Phi) is 6.59. The molecule has 0 spiro atoms. The highest BCUT2D eigenvalue weighted by Crippen LogP contribution is 2.34. The van der Waals surface area contributed by atoms with Crippen molar-refractivity contribution in [2.45, 2.75) is 37.5 Å². The Morgan fingerprint density at radius 3 is 2.17 bits per heavy atom. The van der Waals surface area contributed by atoms with Crippen LogP contribution in [0.25, 0.3) is 0 Å². The third-order valence-corrected chi connectivity index (χ3v) is 5.44. The summed E-state index contributed by atoms with van der Waals surface area (Å²) in [6.45, 7) is 4.28. The van der Waals surface area contributed by atoms with E-state index in [-0.39, 0.29) is 12.3 Å². The summed E-state index contributed by atoms with van der Waals surface area (Å²) in [6, 6.07) is 10.9. The molecule has 0 aliphatic heterocycles. The number of rotatable bonds is 7. The van der Waals surface area contributed by atoms with Crippen LogP contribution < -0.4 is 10.0 Å². The number of alkyl halides is 3. The Balaban J connectivity index is 2.60. The van der Waals surface area contributed by atoms with E-state index in [9.17, 15) is 26.4 Å². The fourth-order valence-corrected chi connectivity index (χ4v) is 3.78. The zero-order chi connectivity index (χ0) is 21.9. The fraction of sp³-hybridized carbons (Fsp3) is 0.316. The summed E-state index contributed by atoms with van der Waals surface area (Å²) in [4.78, 5) is 12.0. The van der Waals surface area contributed by atoms with Crippen molar-refractivity contribution in [1.29, 1.82) is 0 Å². The van der Waals surface area contributed by atoms with Crippen LogP contribution in [0.1, 0.15) is 18.1 Å². The van der Waals surface area contributed by atoms with Crippen LogP contribution in [-0.4, -0.2) is 32.8 Å². The van der Waals surface area contributed by atoms with Gasteiger partial charge in [0.2, 0.25) is 10.0 Å². The maximum absolute atomic E-state index is 14.2. The minimum Gasteiger partial charge on any atom is -0.463 e. The van der Waals surface area contributed by atoms with Gasteiger partial charge in [-0.05, 0) is 50.6 Å². The van der Waals surface area contributed by atoms with Crippen LogP contribution in [0.2, 0.25) is 0 Å². The van der Waals surface area contributed by atoms with E-state index >= 15 is 0 Å². The normalized spacial score (nSPS) is 14.1. The summed E-state index contributed by atoms with van der Waals surface area (Å²) in [5, 5.41) is 2.01. The van der Waals surface area contributed by atoms with Gasteiger partial charge in [-0.2, -0.15) is 17.9 Å². The first-order valence-electron chi connectivity index (χ1n) is 8.61. The van der Waals surface area contributed by atoms with E-state index in [2.05, 4.69) is 4.74 Å². The number of hydrogen-bond acceptors (Lipinski definition) is 5. The van der Waals surface area contributed by atoms with E-state index in [4.69, 9.17) is 0 Å². The van der Waals surface area contributed by atoms with Gasteiger partial charge in [-0.3, -0.25) is 0 Å². The number of ether oxygens (including phenoxy) is 1. The molecule has 2 aromatic carbocycles. The lowest BCUT2D eigenvalue weighted by molar-refractivity contribution is -0.202. The lowest BCUT2D eigenvalue weighted by atomic mass is 10.1. The fourth-order valence-electron chi connectivity index (χ4n) is 2.52. The molecule has 0 saturated heterocycles. The lowest BCUT2D eigenvalue weighted by Gasteiger charge is -2.35. The zero-order valence-corrected chi connectivity index (χ0v) is 16.8. The number of carbonyl (C=O) groups excluding carboxylic acids is 1. The van der Waals surface area contributed by atoms with Crippen LogP contribution in [0.15, 0.2) is 53.4 Å². The third-order valence-electron chi connectivity index (χ3n) is 3.98. The second-order valence-electron chi connectivity index (χ2n) is 6.38. The van der Waals surface area contributed by atoms with Crippen LogP contribution in [-0.2, 0) is 19.6 Å². The average molecular weight is 430 g/mol. The number of esters is 1. The molecule has 1 atom stereocenters. The van der Waals surface area contributed by atoms with E-state index in [1.165, 1.54) is 42.0 Å². The number of nitrogens with one attached hydrogen (secondary N) is 2. The van der Waals surface area contributed by atoms with Gasteiger partial charge in [0, 0.05) is 5.69 Å². The summed E-state index contributed by atoms with van der Waals surface area (Å²) in [6.07, 6.45) is -5.36. The first kappa shape index (κ1) is 22.7. The smallest absolute Gasteiger partial charge is 0.437 e. The van der Waals surface area contributed by atoms with Crippen molar-refractivity contribution in [3.8, 4) is 0 Å². The molecule has 10 heteroatoms. The highest BCUT2D eigenvalue weighted by atomic mass is 32.2. The number of aryl methyl sites for hydroxylation is 2. The second-order valence-corrected chi connectivity index (χ2v) is 8.06. The molecule has 2 N–H and O–H groups in total. The minimum absolute atomic E-state index is 0.109. The van der Waals surface area contributed by atoms with Crippen LogP contribution in [0, 0.1) is 13.8 Å². The topological polar surface area (TPSA) is 84.5 Å². The summed E-state index contributed by atoms with van der Waals surface area (Å²) >= 11 is 0. The first-order valence-corrected chi connectivity index (χ1v) is 10.1. The number of halogens is 3. The summed E-state index contributed by atoms with van der Waals surface area (Å²) in [7, 11) is -4.74. The van der Waals surface area contributed by atoms with E-state index in [1.54, 1.807) is 19.9 Å². The molecule has 0 aliphatic rings. The second kappa shape index (κ2) is 8.42. The van der Waals surface area contributed by atoms with Crippen molar-refractivity contribution in [2.75, 3.05) is 11.9 Å². The molecule has 2 aromatic rings. The highest BCUT2D eigenvalue weighted by Gasteiger charge is 2.64. The Bertz CT molecular complexity index is 976. The SMILES string of the molecule is CCOC(=O)[C@@](Nc1cccc(C)c1)(NS(=O)(=O)c1ccc(C)cc1)C(F)(F)F. The summed E-state index contributed by atoms with van der Waals surface area (Å²) in [5.74, 6) is -1.82. The number of sulfonamides is 1. The first-order chi connectivity index (χ1) is 13.4. The molecule has 0 bridgehead atoms. The van der Waals surface area contributed by atoms with E-state index in [0.29, 0.717) is 11.1 Å². The van der Waals surface area contributed by atoms with Gasteiger partial charge in [-0.1, -0.05) is 29.8 Å². The predicted octanol–water partition coefficient (Wildman–Crippen LogP) is 3.52. The molecule has 0 aliphatic carbocycles. The number of carbonyl (C=O) groups is 1. The average Bonchev–Trinajstić information content (AvgIpc) is 2.60. The zero-order valence-electron chi connectivity index (χ0n) is 16.0. The van der Waals surface area contributed by atoms with Crippen LogP contribution in [0.5, 0.6) is 0 Å². The quantitative estimate of drug-likeness (QED) is 0.519. The predicted molar refractivity (Wildman–Crippen MR) is 102 cm³/mol. The Morgan fingerprint density at radius 2 is 1.66 bits per heavy atom. The minimum atomic E-state index is -5.36. The molecule has 0 saturated carbocycles. The van der Waals surface area contributed by atoms with Crippen molar-refractivity contribution < 1.29 is 31.1 Å². The van der Waals surface area contributed by atoms with E-state index in [0.717, 1.165) is 12.1 Å². The monoisotopic (exact) mass is 430 g/mol. The maximum Gasteiger partial charge on any atom is 0.437 e. The molecule has 0 radical (unpaired) electrons. The molecule has 0 aromatic heterocycles. The van der Waals surface area contributed by atoms with Gasteiger partial charge >= 0.3 is 12.1 Å². The maximum atomic E-state index is 14.2. The molecule has 0 fully saturated rings. The molecular formula is C19H21F3N2O4S. The van der Waals surface area contributed by atoms with Crippen LogP contribution in [0.4, 0.5) is 18.9 Å². The number of benzene rings is 2. The van der Waals surface area contributed by atoms with Gasteiger partial charge in [0.1, 0.15) is 0 Å². The molecule has 158 valence electrons. The van der Waals surface area contributed by atoms with Gasteiger partial charge in [-0.25, -0.2) is 13.2 Å². The molecule has 29 heavy (non-hydrogen) atoms. The van der Waals surface area contributed by atoms with Crippen LogP contribution in [0.3, 0.4) is 0 Å². The summed E-state index contributed by atoms with van der Waals surface area (Å²) < 4.78 is 74.0. The molecule has 0 amide bonds. The molecule has 0 heterocycles. The third kappa shape index (κ3) is 5.07. The molecule has 0 unspecified atom stereocenters. The van der Waals surface area contributed by atoms with Gasteiger partial charge in [0.15, 0.2) is 0 Å². The van der Waals surface area contributed by atoms with Crippen molar-refractivity contribution in [1.82, 2.24) is 4.72 Å². The number of hydrogen-bond donors (Lipinski definition) is 2. The summed E-state index contributed by atoms with van der Waals surface area (Å²) in [5.41, 5.74) is -2.51. The van der Waals surface area contributed by atoms with Gasteiger partial charge in [0.25, 0.3) is 5.66 Å². The van der Waals surface area contributed by atoms with Crippen molar-refractivity contribution in [3.05, 3.63) is 59.7 Å². The van der Waals surface area contributed by atoms with E-state index in [1.807, 2.05) is 5.32 Å².